The van der Waals surface area contributed by atoms with Crippen molar-refractivity contribution in [2.75, 3.05) is 32.1 Å². The number of hydrogen-bond donors (Lipinski definition) is 1. The van der Waals surface area contributed by atoms with Crippen LogP contribution in [0.15, 0.2) is 30.3 Å². The summed E-state index contributed by atoms with van der Waals surface area (Å²) in [6.45, 7) is 7.70. The lowest BCUT2D eigenvalue weighted by Gasteiger charge is -2.32. The molecule has 0 bridgehead atoms. The molecular weight excluding hydrogens is 478 g/mol. The fourth-order valence-corrected chi connectivity index (χ4v) is 3.88. The third kappa shape index (κ3) is 12.7. The molecule has 0 saturated heterocycles. The molecule has 35 heavy (non-hydrogen) atoms. The lowest BCUT2D eigenvalue weighted by Crippen LogP contribution is -2.44. The predicted molar refractivity (Wildman–Crippen MR) is 129 cm³/mol. The zero-order valence-corrected chi connectivity index (χ0v) is 21.9. The Hall–Kier alpha value is -2.50. The highest BCUT2D eigenvalue weighted by Gasteiger charge is 2.39. The Morgan fingerprint density at radius 1 is 1.00 bits per heavy atom. The number of nitrogens with one attached hydrogen (secondary N) is 1. The number of carbonyl (C=O) groups is 3. The van der Waals surface area contributed by atoms with Crippen molar-refractivity contribution in [2.24, 2.45) is 11.3 Å². The van der Waals surface area contributed by atoms with Gasteiger partial charge in [-0.3, -0.25) is 13.8 Å². The van der Waals surface area contributed by atoms with E-state index in [1.54, 1.807) is 27.7 Å². The fourth-order valence-electron chi connectivity index (χ4n) is 2.78. The number of amides is 1. The molecule has 0 aromatic heterocycles. The third-order valence-electron chi connectivity index (χ3n) is 4.78. The Morgan fingerprint density at radius 2 is 1.60 bits per heavy atom. The highest BCUT2D eigenvalue weighted by molar-refractivity contribution is 7.86. The van der Waals surface area contributed by atoms with Gasteiger partial charge in [-0.15, -0.1) is 0 Å². The second-order valence-electron chi connectivity index (χ2n) is 9.02. The first kappa shape index (κ1) is 30.5. The summed E-state index contributed by atoms with van der Waals surface area (Å²) in [7, 11) is -3.89. The molecule has 0 radical (unpaired) electrons. The first-order valence-corrected chi connectivity index (χ1v) is 13.0. The van der Waals surface area contributed by atoms with E-state index < -0.39 is 33.6 Å². The van der Waals surface area contributed by atoms with Crippen molar-refractivity contribution >= 4 is 28.0 Å². The van der Waals surface area contributed by atoms with Crippen molar-refractivity contribution in [2.45, 2.75) is 53.8 Å². The van der Waals surface area contributed by atoms with Crippen LogP contribution in [0.2, 0.25) is 0 Å². The minimum atomic E-state index is -3.89. The van der Waals surface area contributed by atoms with Gasteiger partial charge in [-0.25, -0.2) is 4.79 Å². The maximum absolute atomic E-state index is 12.9. The molecule has 0 spiro atoms. The molecule has 0 aliphatic rings. The molecule has 198 valence electrons. The number of rotatable bonds is 16. The van der Waals surface area contributed by atoms with Gasteiger partial charge in [0.05, 0.1) is 24.9 Å². The van der Waals surface area contributed by atoms with Gasteiger partial charge in [0.1, 0.15) is 13.2 Å². The molecule has 11 heteroatoms. The number of ether oxygens (including phenoxy) is 3. The number of esters is 2. The van der Waals surface area contributed by atoms with Gasteiger partial charge >= 0.3 is 11.9 Å². The largest absolute Gasteiger partial charge is 0.462 e. The zero-order chi connectivity index (χ0) is 26.5. The molecule has 1 N–H and O–H groups in total. The maximum atomic E-state index is 12.9. The maximum Gasteiger partial charge on any atom is 0.336 e. The second-order valence-corrected chi connectivity index (χ2v) is 10.8. The minimum Gasteiger partial charge on any atom is -0.462 e. The van der Waals surface area contributed by atoms with Crippen molar-refractivity contribution < 1.29 is 41.2 Å². The summed E-state index contributed by atoms with van der Waals surface area (Å²) >= 11 is 0. The number of carbonyl (C=O) groups excluding carboxylic acids is 3. The fraction of sp³-hybridized carbons (Fsp3) is 0.625. The van der Waals surface area contributed by atoms with Gasteiger partial charge < -0.3 is 19.5 Å². The monoisotopic (exact) mass is 515 g/mol. The van der Waals surface area contributed by atoms with Gasteiger partial charge in [0.2, 0.25) is 5.91 Å². The van der Waals surface area contributed by atoms with Crippen molar-refractivity contribution in [1.29, 1.82) is 0 Å². The average Bonchev–Trinajstić information content (AvgIpc) is 2.79. The Morgan fingerprint density at radius 3 is 2.17 bits per heavy atom. The molecule has 0 heterocycles. The lowest BCUT2D eigenvalue weighted by molar-refractivity contribution is -0.172. The highest BCUT2D eigenvalue weighted by Crippen LogP contribution is 2.27. The zero-order valence-electron chi connectivity index (χ0n) is 21.1. The smallest absolute Gasteiger partial charge is 0.336 e. The summed E-state index contributed by atoms with van der Waals surface area (Å²) in [5, 5.41) is 2.52. The standard InChI is InChI=1S/C24H37NO9S/c1-18(2)22(27)31-13-14-32-23(28)21(33-16-20-10-7-6-8-11-20)24(4,5)17-34-35(29,30)15-9-12-25-19(3)26/h6-8,10-11,18,21H,9,12-17H2,1-5H3,(H,25,26)/t21-/m0/s1. The van der Waals surface area contributed by atoms with Crippen LogP contribution in [0.3, 0.4) is 0 Å². The van der Waals surface area contributed by atoms with Gasteiger partial charge in [0.15, 0.2) is 6.10 Å². The van der Waals surface area contributed by atoms with Gasteiger partial charge in [0.25, 0.3) is 10.1 Å². The molecular formula is C24H37NO9S. The molecule has 1 amide bonds. The highest BCUT2D eigenvalue weighted by atomic mass is 32.2. The van der Waals surface area contributed by atoms with Gasteiger partial charge in [-0.2, -0.15) is 8.42 Å². The van der Waals surface area contributed by atoms with Crippen LogP contribution in [0.5, 0.6) is 0 Å². The molecule has 1 rings (SSSR count). The summed E-state index contributed by atoms with van der Waals surface area (Å²) in [4.78, 5) is 35.3. The van der Waals surface area contributed by atoms with Crippen LogP contribution < -0.4 is 5.32 Å². The van der Waals surface area contributed by atoms with E-state index in [0.717, 1.165) is 5.56 Å². The molecule has 1 atom stereocenters. The van der Waals surface area contributed by atoms with Crippen LogP contribution in [0.1, 0.15) is 46.6 Å². The van der Waals surface area contributed by atoms with Crippen molar-refractivity contribution in [3.8, 4) is 0 Å². The van der Waals surface area contributed by atoms with E-state index in [-0.39, 0.29) is 57.0 Å². The van der Waals surface area contributed by atoms with E-state index in [9.17, 15) is 22.8 Å². The van der Waals surface area contributed by atoms with Crippen molar-refractivity contribution in [3.05, 3.63) is 35.9 Å². The van der Waals surface area contributed by atoms with Gasteiger partial charge in [-0.1, -0.05) is 58.0 Å². The quantitative estimate of drug-likeness (QED) is 0.200. The molecule has 0 saturated carbocycles. The van der Waals surface area contributed by atoms with Crippen LogP contribution in [-0.2, 0) is 49.5 Å². The molecule has 1 aromatic rings. The Labute approximate surface area is 207 Å². The number of benzene rings is 1. The van der Waals surface area contributed by atoms with E-state index in [4.69, 9.17) is 18.4 Å². The summed E-state index contributed by atoms with van der Waals surface area (Å²) < 4.78 is 45.9. The average molecular weight is 516 g/mol. The first-order valence-electron chi connectivity index (χ1n) is 11.4. The van der Waals surface area contributed by atoms with Gasteiger partial charge in [-0.05, 0) is 12.0 Å². The summed E-state index contributed by atoms with van der Waals surface area (Å²) in [6.07, 6.45) is -0.967. The molecule has 0 aliphatic heterocycles. The molecule has 0 fully saturated rings. The lowest BCUT2D eigenvalue weighted by atomic mass is 9.87. The topological polar surface area (TPSA) is 134 Å². The normalized spacial score (nSPS) is 12.7. The second kappa shape index (κ2) is 14.8. The summed E-state index contributed by atoms with van der Waals surface area (Å²) in [6, 6.07) is 9.17. The van der Waals surface area contributed by atoms with Gasteiger partial charge in [0, 0.05) is 18.9 Å². The van der Waals surface area contributed by atoms with Crippen molar-refractivity contribution in [1.82, 2.24) is 5.32 Å². The Kier molecular flexibility index (Phi) is 12.9. The Balaban J connectivity index is 2.77. The van der Waals surface area contributed by atoms with Crippen molar-refractivity contribution in [3.63, 3.8) is 0 Å². The minimum absolute atomic E-state index is 0.0931. The van der Waals surface area contributed by atoms with Crippen LogP contribution in [0, 0.1) is 11.3 Å². The summed E-state index contributed by atoms with van der Waals surface area (Å²) in [5.74, 6) is -1.97. The Bertz CT molecular complexity index is 914. The summed E-state index contributed by atoms with van der Waals surface area (Å²) in [5.41, 5.74) is -0.260. The predicted octanol–water partition coefficient (Wildman–Crippen LogP) is 2.21. The van der Waals surface area contributed by atoms with E-state index >= 15 is 0 Å². The van der Waals surface area contributed by atoms with Crippen LogP contribution in [0.4, 0.5) is 0 Å². The first-order chi connectivity index (χ1) is 16.3. The number of hydrogen-bond acceptors (Lipinski definition) is 9. The van der Waals surface area contributed by atoms with Crippen LogP contribution >= 0.6 is 0 Å². The van der Waals surface area contributed by atoms with E-state index in [0.29, 0.717) is 0 Å². The molecule has 1 aromatic carbocycles. The molecule has 10 nitrogen and oxygen atoms in total. The molecule has 0 aliphatic carbocycles. The van der Waals surface area contributed by atoms with Crippen LogP contribution in [-0.4, -0.2) is 64.5 Å². The third-order valence-corrected chi connectivity index (χ3v) is 6.05. The van der Waals surface area contributed by atoms with E-state index in [1.165, 1.54) is 6.92 Å². The van der Waals surface area contributed by atoms with Crippen LogP contribution in [0.25, 0.3) is 0 Å². The SMILES string of the molecule is CC(=O)NCCCS(=O)(=O)OCC(C)(C)[C@@H](OCc1ccccc1)C(=O)OCCOC(=O)C(C)C. The van der Waals surface area contributed by atoms with E-state index in [1.807, 2.05) is 30.3 Å². The molecule has 0 unspecified atom stereocenters. The van der Waals surface area contributed by atoms with E-state index in [2.05, 4.69) is 5.32 Å².